The Bertz CT molecular complexity index is 933. The molecule has 4 nitrogen and oxygen atoms in total. The Balaban J connectivity index is 2.12. The molecule has 0 aliphatic rings. The summed E-state index contributed by atoms with van der Waals surface area (Å²) in [5.74, 6) is -0.527. The first-order valence-corrected chi connectivity index (χ1v) is 12.5. The van der Waals surface area contributed by atoms with Crippen molar-refractivity contribution in [3.05, 3.63) is 71.0 Å². The van der Waals surface area contributed by atoms with Crippen molar-refractivity contribution in [3.63, 3.8) is 0 Å². The molecule has 0 aliphatic carbocycles. The Morgan fingerprint density at radius 1 is 1.00 bits per heavy atom. The molecule has 0 fully saturated rings. The van der Waals surface area contributed by atoms with Crippen molar-refractivity contribution in [2.24, 2.45) is 5.41 Å². The summed E-state index contributed by atoms with van der Waals surface area (Å²) >= 11 is 0. The van der Waals surface area contributed by atoms with E-state index >= 15 is 0 Å². The number of nitrogens with one attached hydrogen (secondary N) is 1. The van der Waals surface area contributed by atoms with Crippen molar-refractivity contribution in [1.82, 2.24) is 10.2 Å². The third-order valence-corrected chi connectivity index (χ3v) is 6.63. The second kappa shape index (κ2) is 12.8. The highest BCUT2D eigenvalue weighted by molar-refractivity contribution is 5.96. The van der Waals surface area contributed by atoms with Gasteiger partial charge in [-0.1, -0.05) is 77.9 Å². The van der Waals surface area contributed by atoms with Gasteiger partial charge in [-0.05, 0) is 54.1 Å². The van der Waals surface area contributed by atoms with Crippen LogP contribution in [0, 0.1) is 11.2 Å². The molecule has 2 atom stereocenters. The van der Waals surface area contributed by atoms with Crippen molar-refractivity contribution in [3.8, 4) is 0 Å². The molecule has 0 unspecified atom stereocenters. The fourth-order valence-electron chi connectivity index (χ4n) is 4.54. The summed E-state index contributed by atoms with van der Waals surface area (Å²) in [6.07, 6.45) is 1.30. The Hall–Kier alpha value is -2.53. The van der Waals surface area contributed by atoms with Crippen LogP contribution in [0.15, 0.2) is 48.5 Å². The molecule has 34 heavy (non-hydrogen) atoms. The Morgan fingerprint density at radius 3 is 2.18 bits per heavy atom. The number of hydrogen-bond donors (Lipinski definition) is 1. The van der Waals surface area contributed by atoms with Crippen molar-refractivity contribution >= 4 is 11.7 Å². The van der Waals surface area contributed by atoms with Gasteiger partial charge in [0.2, 0.25) is 5.91 Å². The van der Waals surface area contributed by atoms with Crippen molar-refractivity contribution in [2.75, 3.05) is 19.6 Å². The van der Waals surface area contributed by atoms with Gasteiger partial charge in [0.1, 0.15) is 5.82 Å². The number of amides is 1. The lowest BCUT2D eigenvalue weighted by Gasteiger charge is -2.32. The molecule has 0 saturated carbocycles. The fraction of sp³-hybridized carbons (Fsp3) is 0.517. The lowest BCUT2D eigenvalue weighted by Crippen LogP contribution is -2.45. The van der Waals surface area contributed by atoms with E-state index in [2.05, 4.69) is 57.0 Å². The molecule has 1 amide bonds. The third-order valence-electron chi connectivity index (χ3n) is 6.63. The van der Waals surface area contributed by atoms with Gasteiger partial charge in [0.25, 0.3) is 0 Å². The minimum atomic E-state index is -0.470. The number of likely N-dealkylation sites (N-methyl/N-ethyl adjacent to an activating group) is 1. The zero-order valence-electron chi connectivity index (χ0n) is 21.7. The quantitative estimate of drug-likeness (QED) is 0.388. The van der Waals surface area contributed by atoms with Crippen molar-refractivity contribution < 1.29 is 14.0 Å². The summed E-state index contributed by atoms with van der Waals surface area (Å²) in [5.41, 5.74) is 2.09. The fourth-order valence-corrected chi connectivity index (χ4v) is 4.54. The minimum absolute atomic E-state index is 0.0241. The first-order valence-electron chi connectivity index (χ1n) is 12.5. The predicted octanol–water partition coefficient (Wildman–Crippen LogP) is 6.01. The van der Waals surface area contributed by atoms with Gasteiger partial charge in [0, 0.05) is 25.4 Å². The summed E-state index contributed by atoms with van der Waals surface area (Å²) < 4.78 is 14.5. The average molecular weight is 469 g/mol. The predicted molar refractivity (Wildman–Crippen MR) is 138 cm³/mol. The number of carbonyl (C=O) groups is 2. The average Bonchev–Trinajstić information content (AvgIpc) is 2.81. The number of rotatable bonds is 12. The van der Waals surface area contributed by atoms with Gasteiger partial charge >= 0.3 is 0 Å². The molecule has 0 aromatic heterocycles. The van der Waals surface area contributed by atoms with Crippen LogP contribution in [0.5, 0.6) is 0 Å². The van der Waals surface area contributed by atoms with E-state index in [4.69, 9.17) is 0 Å². The molecule has 2 aromatic carbocycles. The first kappa shape index (κ1) is 27.7. The van der Waals surface area contributed by atoms with Gasteiger partial charge in [-0.15, -0.1) is 0 Å². The summed E-state index contributed by atoms with van der Waals surface area (Å²) in [4.78, 5) is 27.2. The smallest absolute Gasteiger partial charge is 0.220 e. The molecule has 0 bridgehead atoms. The van der Waals surface area contributed by atoms with E-state index in [0.29, 0.717) is 19.4 Å². The molecule has 0 aliphatic heterocycles. The van der Waals surface area contributed by atoms with Gasteiger partial charge < -0.3 is 5.32 Å². The number of ketones is 1. The zero-order valence-corrected chi connectivity index (χ0v) is 21.7. The highest BCUT2D eigenvalue weighted by Crippen LogP contribution is 2.37. The van der Waals surface area contributed by atoms with Crippen LogP contribution >= 0.6 is 0 Å². The third kappa shape index (κ3) is 7.76. The van der Waals surface area contributed by atoms with Gasteiger partial charge in [-0.3, -0.25) is 14.5 Å². The monoisotopic (exact) mass is 468 g/mol. The van der Waals surface area contributed by atoms with E-state index in [0.717, 1.165) is 18.7 Å². The van der Waals surface area contributed by atoms with Crippen LogP contribution in [0.25, 0.3) is 0 Å². The second-order valence-electron chi connectivity index (χ2n) is 10.0. The van der Waals surface area contributed by atoms with E-state index in [1.54, 1.807) is 13.0 Å². The summed E-state index contributed by atoms with van der Waals surface area (Å²) in [6.45, 7) is 14.6. The van der Waals surface area contributed by atoms with E-state index in [1.807, 2.05) is 24.3 Å². The molecule has 2 rings (SSSR count). The Morgan fingerprint density at radius 2 is 1.65 bits per heavy atom. The largest absolute Gasteiger partial charge is 0.355 e. The molecule has 1 N–H and O–H groups in total. The number of carbonyl (C=O) groups excluding carboxylic acids is 2. The van der Waals surface area contributed by atoms with Gasteiger partial charge in [-0.2, -0.15) is 0 Å². The van der Waals surface area contributed by atoms with Crippen molar-refractivity contribution in [1.29, 1.82) is 0 Å². The molecule has 0 heterocycles. The lowest BCUT2D eigenvalue weighted by molar-refractivity contribution is -0.122. The number of hydrogen-bond acceptors (Lipinski definition) is 3. The topological polar surface area (TPSA) is 49.4 Å². The summed E-state index contributed by atoms with van der Waals surface area (Å²) in [6, 6.07) is 15.1. The van der Waals surface area contributed by atoms with Gasteiger partial charge in [0.05, 0.1) is 5.56 Å². The lowest BCUT2D eigenvalue weighted by atomic mass is 9.74. The molecule has 0 saturated heterocycles. The zero-order chi connectivity index (χ0) is 25.3. The van der Waals surface area contributed by atoms with E-state index in [9.17, 15) is 14.0 Å². The number of Topliss-reactive ketones (excluding diaryl/α,β-unsaturated/α-hetero) is 1. The van der Waals surface area contributed by atoms with Gasteiger partial charge in [0.15, 0.2) is 5.78 Å². The van der Waals surface area contributed by atoms with Crippen LogP contribution in [0.4, 0.5) is 4.39 Å². The number of halogens is 1. The normalized spacial score (nSPS) is 13.5. The molecule has 0 radical (unpaired) electrons. The molecular formula is C29H41FN2O2. The standard InChI is InChI=1S/C29H41FN2O2/c1-7-27(33)24-16-15-21(18-26(24)30)17-23(32(8-2)9-3)20-31-28(34)19-25(29(4,5)6)22-13-11-10-12-14-22/h10-16,18,23,25H,7-9,17,19-20H2,1-6H3,(H,31,34)/t23-,25+/m0/s1. The minimum Gasteiger partial charge on any atom is -0.355 e. The van der Waals surface area contributed by atoms with Gasteiger partial charge in [-0.25, -0.2) is 4.39 Å². The number of benzene rings is 2. The second-order valence-corrected chi connectivity index (χ2v) is 10.0. The van der Waals surface area contributed by atoms with Crippen LogP contribution in [-0.4, -0.2) is 42.3 Å². The maximum Gasteiger partial charge on any atom is 0.220 e. The molecule has 0 spiro atoms. The van der Waals surface area contributed by atoms with Crippen LogP contribution in [-0.2, 0) is 11.2 Å². The molecular weight excluding hydrogens is 427 g/mol. The Labute approximate surface area is 204 Å². The van der Waals surface area contributed by atoms with E-state index in [-0.39, 0.29) is 41.0 Å². The SMILES string of the molecule is CCC(=O)c1ccc(C[C@@H](CNC(=O)C[C@H](c2ccccc2)C(C)(C)C)N(CC)CC)cc1F. The first-order chi connectivity index (χ1) is 16.1. The maximum absolute atomic E-state index is 14.5. The highest BCUT2D eigenvalue weighted by atomic mass is 19.1. The molecule has 186 valence electrons. The van der Waals surface area contributed by atoms with E-state index in [1.165, 1.54) is 11.6 Å². The number of nitrogens with zero attached hydrogens (tertiary/aromatic N) is 1. The summed E-state index contributed by atoms with van der Waals surface area (Å²) in [5, 5.41) is 3.15. The maximum atomic E-state index is 14.5. The molecule has 2 aromatic rings. The Kier molecular flexibility index (Phi) is 10.4. The summed E-state index contributed by atoms with van der Waals surface area (Å²) in [7, 11) is 0. The van der Waals surface area contributed by atoms with E-state index < -0.39 is 5.82 Å². The van der Waals surface area contributed by atoms with Crippen LogP contribution in [0.3, 0.4) is 0 Å². The molecule has 5 heteroatoms. The van der Waals surface area contributed by atoms with Crippen LogP contribution in [0.2, 0.25) is 0 Å². The van der Waals surface area contributed by atoms with Crippen LogP contribution < -0.4 is 5.32 Å². The van der Waals surface area contributed by atoms with Crippen LogP contribution in [0.1, 0.15) is 81.8 Å². The highest BCUT2D eigenvalue weighted by Gasteiger charge is 2.29. The van der Waals surface area contributed by atoms with Crippen molar-refractivity contribution in [2.45, 2.75) is 72.8 Å².